The van der Waals surface area contributed by atoms with Crippen LogP contribution in [0.25, 0.3) is 0 Å². The molecule has 1 aliphatic rings. The van der Waals surface area contributed by atoms with Crippen LogP contribution >= 0.6 is 11.6 Å². The van der Waals surface area contributed by atoms with Crippen molar-refractivity contribution in [1.29, 1.82) is 0 Å². The Kier molecular flexibility index (Phi) is 5.74. The van der Waals surface area contributed by atoms with Gasteiger partial charge in [-0.25, -0.2) is 0 Å². The molecule has 1 aromatic rings. The first kappa shape index (κ1) is 15.7. The van der Waals surface area contributed by atoms with Crippen LogP contribution < -0.4 is 10.1 Å². The van der Waals surface area contributed by atoms with E-state index in [1.807, 2.05) is 13.1 Å². The average molecular weight is 296 g/mol. The van der Waals surface area contributed by atoms with Crippen LogP contribution in [-0.2, 0) is 0 Å². The fraction of sp³-hybridized carbons (Fsp3) is 0.647. The maximum atomic E-state index is 6.15. The van der Waals surface area contributed by atoms with Gasteiger partial charge in [-0.3, -0.25) is 0 Å². The van der Waals surface area contributed by atoms with Gasteiger partial charge in [0.2, 0.25) is 0 Å². The number of rotatable bonds is 5. The number of hydrogen-bond acceptors (Lipinski definition) is 2. The molecule has 0 amide bonds. The van der Waals surface area contributed by atoms with E-state index in [1.54, 1.807) is 7.11 Å². The molecule has 2 rings (SSSR count). The summed E-state index contributed by atoms with van der Waals surface area (Å²) >= 11 is 6.15. The van der Waals surface area contributed by atoms with E-state index in [0.717, 1.165) is 18.2 Å². The average Bonchev–Trinajstić information content (AvgIpc) is 2.48. The predicted molar refractivity (Wildman–Crippen MR) is 85.8 cm³/mol. The summed E-state index contributed by atoms with van der Waals surface area (Å²) in [6, 6.07) is 6.28. The van der Waals surface area contributed by atoms with Crippen molar-refractivity contribution in [2.24, 2.45) is 11.8 Å². The number of benzene rings is 1. The Morgan fingerprint density at radius 3 is 2.80 bits per heavy atom. The summed E-state index contributed by atoms with van der Waals surface area (Å²) in [6.45, 7) is 3.40. The number of nitrogens with one attached hydrogen (secondary N) is 1. The molecule has 1 aromatic carbocycles. The first-order valence-corrected chi connectivity index (χ1v) is 8.05. The molecule has 0 heterocycles. The maximum absolute atomic E-state index is 6.15. The summed E-state index contributed by atoms with van der Waals surface area (Å²) in [6.07, 6.45) is 5.25. The molecule has 1 fully saturated rings. The van der Waals surface area contributed by atoms with E-state index in [-0.39, 0.29) is 0 Å². The topological polar surface area (TPSA) is 21.3 Å². The summed E-state index contributed by atoms with van der Waals surface area (Å²) in [5.41, 5.74) is 1.38. The fourth-order valence-electron chi connectivity index (χ4n) is 3.51. The van der Waals surface area contributed by atoms with Crippen LogP contribution in [0.15, 0.2) is 18.2 Å². The molecular formula is C17H26ClNO. The second-order valence-corrected chi connectivity index (χ2v) is 6.31. The molecule has 3 atom stereocenters. The molecule has 0 spiro atoms. The highest BCUT2D eigenvalue weighted by Crippen LogP contribution is 2.43. The summed E-state index contributed by atoms with van der Waals surface area (Å²) in [4.78, 5) is 0. The zero-order valence-electron chi connectivity index (χ0n) is 12.8. The largest absolute Gasteiger partial charge is 0.495 e. The molecule has 2 nitrogen and oxygen atoms in total. The van der Waals surface area contributed by atoms with Gasteiger partial charge in [-0.1, -0.05) is 37.4 Å². The molecule has 1 saturated carbocycles. The van der Waals surface area contributed by atoms with Crippen molar-refractivity contribution in [1.82, 2.24) is 5.32 Å². The van der Waals surface area contributed by atoms with Gasteiger partial charge in [0.1, 0.15) is 5.75 Å². The van der Waals surface area contributed by atoms with Crippen molar-refractivity contribution >= 4 is 11.6 Å². The monoisotopic (exact) mass is 295 g/mol. The van der Waals surface area contributed by atoms with Crippen molar-refractivity contribution in [3.05, 3.63) is 28.8 Å². The van der Waals surface area contributed by atoms with E-state index in [0.29, 0.717) is 16.9 Å². The number of ether oxygens (including phenoxy) is 1. The first-order chi connectivity index (χ1) is 9.69. The van der Waals surface area contributed by atoms with Crippen LogP contribution in [0.2, 0.25) is 5.02 Å². The Morgan fingerprint density at radius 1 is 1.35 bits per heavy atom. The molecule has 3 unspecified atom stereocenters. The fourth-order valence-corrected chi connectivity index (χ4v) is 3.71. The normalized spacial score (nSPS) is 26.5. The van der Waals surface area contributed by atoms with E-state index < -0.39 is 0 Å². The van der Waals surface area contributed by atoms with Crippen LogP contribution in [0.3, 0.4) is 0 Å². The zero-order valence-corrected chi connectivity index (χ0v) is 13.5. The summed E-state index contributed by atoms with van der Waals surface area (Å²) in [7, 11) is 3.73. The molecule has 1 N–H and O–H groups in total. The van der Waals surface area contributed by atoms with Gasteiger partial charge in [-0.05, 0) is 61.9 Å². The Hall–Kier alpha value is -0.730. The smallest absolute Gasteiger partial charge is 0.137 e. The Morgan fingerprint density at radius 2 is 2.15 bits per heavy atom. The van der Waals surface area contributed by atoms with Crippen molar-refractivity contribution in [3.8, 4) is 5.75 Å². The van der Waals surface area contributed by atoms with Crippen LogP contribution in [0, 0.1) is 11.8 Å². The number of methoxy groups -OCH3 is 1. The van der Waals surface area contributed by atoms with Crippen LogP contribution in [0.1, 0.15) is 44.1 Å². The summed E-state index contributed by atoms with van der Waals surface area (Å²) < 4.78 is 5.38. The van der Waals surface area contributed by atoms with E-state index in [4.69, 9.17) is 16.3 Å². The van der Waals surface area contributed by atoms with Gasteiger partial charge in [0.15, 0.2) is 0 Å². The molecule has 0 saturated heterocycles. The van der Waals surface area contributed by atoms with Crippen LogP contribution in [0.4, 0.5) is 0 Å². The Balaban J connectivity index is 2.24. The van der Waals surface area contributed by atoms with Crippen molar-refractivity contribution in [2.45, 2.75) is 38.5 Å². The Labute approximate surface area is 127 Å². The minimum Gasteiger partial charge on any atom is -0.495 e. The lowest BCUT2D eigenvalue weighted by Gasteiger charge is -2.36. The molecule has 0 aliphatic heterocycles. The third kappa shape index (κ3) is 3.48. The molecule has 3 heteroatoms. The SMILES string of the molecule is CCC1CCC(CNC)C(c2ccc(Cl)c(OC)c2)C1. The molecule has 0 bridgehead atoms. The van der Waals surface area contributed by atoms with Crippen molar-refractivity contribution in [2.75, 3.05) is 20.7 Å². The third-order valence-corrected chi connectivity index (χ3v) is 5.06. The van der Waals surface area contributed by atoms with Crippen LogP contribution in [0.5, 0.6) is 5.75 Å². The standard InChI is InChI=1S/C17H26ClNO/c1-4-12-5-6-14(11-19-2)15(9-12)13-7-8-16(18)17(10-13)20-3/h7-8,10,12,14-15,19H,4-6,9,11H2,1-3H3. The van der Waals surface area contributed by atoms with Gasteiger partial charge < -0.3 is 10.1 Å². The second-order valence-electron chi connectivity index (χ2n) is 5.91. The van der Waals surface area contributed by atoms with Crippen molar-refractivity contribution in [3.63, 3.8) is 0 Å². The Bertz CT molecular complexity index is 435. The van der Waals surface area contributed by atoms with Crippen molar-refractivity contribution < 1.29 is 4.74 Å². The zero-order chi connectivity index (χ0) is 14.5. The number of hydrogen-bond donors (Lipinski definition) is 1. The van der Waals surface area contributed by atoms with E-state index in [9.17, 15) is 0 Å². The minimum absolute atomic E-state index is 0.618. The quantitative estimate of drug-likeness (QED) is 0.865. The molecule has 112 valence electrons. The van der Waals surface area contributed by atoms with Gasteiger partial charge in [0.05, 0.1) is 12.1 Å². The van der Waals surface area contributed by atoms with Gasteiger partial charge in [0.25, 0.3) is 0 Å². The molecule has 0 radical (unpaired) electrons. The molecule has 20 heavy (non-hydrogen) atoms. The maximum Gasteiger partial charge on any atom is 0.137 e. The van der Waals surface area contributed by atoms with Gasteiger partial charge in [-0.2, -0.15) is 0 Å². The summed E-state index contributed by atoms with van der Waals surface area (Å²) in [5.74, 6) is 2.99. The first-order valence-electron chi connectivity index (χ1n) is 7.67. The highest BCUT2D eigenvalue weighted by molar-refractivity contribution is 6.32. The van der Waals surface area contributed by atoms with Gasteiger partial charge in [-0.15, -0.1) is 0 Å². The minimum atomic E-state index is 0.618. The highest BCUT2D eigenvalue weighted by Gasteiger charge is 2.30. The lowest BCUT2D eigenvalue weighted by Crippen LogP contribution is -2.30. The van der Waals surface area contributed by atoms with Gasteiger partial charge in [0, 0.05) is 0 Å². The second kappa shape index (κ2) is 7.33. The van der Waals surface area contributed by atoms with E-state index >= 15 is 0 Å². The van der Waals surface area contributed by atoms with E-state index in [2.05, 4.69) is 24.4 Å². The van der Waals surface area contributed by atoms with Gasteiger partial charge >= 0.3 is 0 Å². The number of halogens is 1. The van der Waals surface area contributed by atoms with Crippen LogP contribution in [-0.4, -0.2) is 20.7 Å². The molecule has 0 aromatic heterocycles. The highest BCUT2D eigenvalue weighted by atomic mass is 35.5. The lowest BCUT2D eigenvalue weighted by atomic mass is 9.70. The third-order valence-electron chi connectivity index (χ3n) is 4.75. The predicted octanol–water partition coefficient (Wildman–Crippen LogP) is 4.48. The van der Waals surface area contributed by atoms with E-state index in [1.165, 1.54) is 31.2 Å². The molecule has 1 aliphatic carbocycles. The summed E-state index contributed by atoms with van der Waals surface area (Å²) in [5, 5.41) is 4.05. The lowest BCUT2D eigenvalue weighted by molar-refractivity contribution is 0.228. The molecular weight excluding hydrogens is 270 g/mol.